The lowest BCUT2D eigenvalue weighted by Gasteiger charge is -2.24. The Bertz CT molecular complexity index is 724. The normalized spacial score (nSPS) is 28.7. The van der Waals surface area contributed by atoms with E-state index >= 15 is 0 Å². The number of hydrogen-bond acceptors (Lipinski definition) is 3. The summed E-state index contributed by atoms with van der Waals surface area (Å²) in [5.74, 6) is -2.30. The van der Waals surface area contributed by atoms with Gasteiger partial charge in [0.2, 0.25) is 10.0 Å². The van der Waals surface area contributed by atoms with Crippen LogP contribution in [0.25, 0.3) is 0 Å². The van der Waals surface area contributed by atoms with Gasteiger partial charge in [0, 0.05) is 11.6 Å². The van der Waals surface area contributed by atoms with Crippen LogP contribution >= 0.6 is 11.6 Å². The van der Waals surface area contributed by atoms with E-state index in [-0.39, 0.29) is 23.4 Å². The molecule has 1 aromatic rings. The lowest BCUT2D eigenvalue weighted by atomic mass is 9.94. The number of aliphatic carboxylic acids is 1. The van der Waals surface area contributed by atoms with E-state index in [4.69, 9.17) is 11.6 Å². The maximum absolute atomic E-state index is 14.0. The Morgan fingerprint density at radius 1 is 1.36 bits per heavy atom. The van der Waals surface area contributed by atoms with E-state index < -0.39 is 32.7 Å². The molecule has 0 aromatic heterocycles. The molecule has 2 aliphatic rings. The first-order valence-corrected chi connectivity index (χ1v) is 8.84. The van der Waals surface area contributed by atoms with Crippen LogP contribution in [-0.2, 0) is 14.8 Å². The van der Waals surface area contributed by atoms with Crippen LogP contribution in [0.3, 0.4) is 0 Å². The summed E-state index contributed by atoms with van der Waals surface area (Å²) in [7, 11) is -4.20. The zero-order valence-corrected chi connectivity index (χ0v) is 13.1. The molecule has 0 radical (unpaired) electrons. The minimum Gasteiger partial charge on any atom is -0.480 e. The Hall–Kier alpha value is -1.18. The zero-order valence-electron chi connectivity index (χ0n) is 11.6. The van der Waals surface area contributed by atoms with Crippen molar-refractivity contribution in [2.24, 2.45) is 11.8 Å². The van der Waals surface area contributed by atoms with Crippen LogP contribution in [0.1, 0.15) is 19.3 Å². The molecule has 0 bridgehead atoms. The SMILES string of the molecule is O=C(O)C1C2CCCC2CN1S(=O)(=O)c1ccc(Cl)cc1F. The highest BCUT2D eigenvalue weighted by molar-refractivity contribution is 7.89. The van der Waals surface area contributed by atoms with E-state index in [0.29, 0.717) is 6.42 Å². The zero-order chi connectivity index (χ0) is 16.1. The van der Waals surface area contributed by atoms with E-state index in [9.17, 15) is 22.7 Å². The van der Waals surface area contributed by atoms with Gasteiger partial charge in [0.15, 0.2) is 0 Å². The molecule has 3 rings (SSSR count). The van der Waals surface area contributed by atoms with Crippen LogP contribution in [0.5, 0.6) is 0 Å². The van der Waals surface area contributed by atoms with Crippen molar-refractivity contribution in [2.75, 3.05) is 6.54 Å². The van der Waals surface area contributed by atoms with Crippen molar-refractivity contribution in [1.82, 2.24) is 4.31 Å². The smallest absolute Gasteiger partial charge is 0.322 e. The van der Waals surface area contributed by atoms with E-state index in [1.165, 1.54) is 6.07 Å². The number of benzene rings is 1. The van der Waals surface area contributed by atoms with Gasteiger partial charge in [0.05, 0.1) is 0 Å². The molecule has 1 N–H and O–H groups in total. The largest absolute Gasteiger partial charge is 0.480 e. The standard InChI is InChI=1S/C14H15ClFNO4S/c15-9-4-5-12(11(16)6-9)22(20,21)17-7-8-2-1-3-10(8)13(17)14(18)19/h4-6,8,10,13H,1-3,7H2,(H,18,19). The molecule has 1 aromatic carbocycles. The topological polar surface area (TPSA) is 74.7 Å². The van der Waals surface area contributed by atoms with Crippen LogP contribution in [-0.4, -0.2) is 36.4 Å². The molecule has 3 atom stereocenters. The summed E-state index contributed by atoms with van der Waals surface area (Å²) in [5.41, 5.74) is 0. The Labute approximate surface area is 132 Å². The molecule has 22 heavy (non-hydrogen) atoms. The minimum atomic E-state index is -4.20. The molecule has 5 nitrogen and oxygen atoms in total. The molecular formula is C14H15ClFNO4S. The highest BCUT2D eigenvalue weighted by atomic mass is 35.5. The highest BCUT2D eigenvalue weighted by Crippen LogP contribution is 2.44. The highest BCUT2D eigenvalue weighted by Gasteiger charge is 2.52. The summed E-state index contributed by atoms with van der Waals surface area (Å²) in [5, 5.41) is 9.52. The molecule has 1 saturated heterocycles. The van der Waals surface area contributed by atoms with E-state index in [1.54, 1.807) is 0 Å². The van der Waals surface area contributed by atoms with Crippen molar-refractivity contribution in [3.8, 4) is 0 Å². The van der Waals surface area contributed by atoms with Gasteiger partial charge in [-0.2, -0.15) is 4.31 Å². The fourth-order valence-corrected chi connectivity index (χ4v) is 5.52. The lowest BCUT2D eigenvalue weighted by molar-refractivity contribution is -0.142. The van der Waals surface area contributed by atoms with Gasteiger partial charge in [0.1, 0.15) is 16.8 Å². The van der Waals surface area contributed by atoms with Crippen molar-refractivity contribution in [2.45, 2.75) is 30.2 Å². The van der Waals surface area contributed by atoms with Crippen LogP contribution in [0.2, 0.25) is 5.02 Å². The quantitative estimate of drug-likeness (QED) is 0.910. The summed E-state index contributed by atoms with van der Waals surface area (Å²) in [6.45, 7) is 0.131. The number of carboxylic acids is 1. The minimum absolute atomic E-state index is 0.0336. The van der Waals surface area contributed by atoms with Crippen molar-refractivity contribution in [3.05, 3.63) is 29.0 Å². The first-order chi connectivity index (χ1) is 10.3. The summed E-state index contributed by atoms with van der Waals surface area (Å²) in [6.07, 6.45) is 2.41. The Balaban J connectivity index is 2.03. The maximum atomic E-state index is 14.0. The van der Waals surface area contributed by atoms with Crippen LogP contribution < -0.4 is 0 Å². The van der Waals surface area contributed by atoms with E-state index in [0.717, 1.165) is 29.3 Å². The number of sulfonamides is 1. The molecule has 0 spiro atoms. The number of nitrogens with zero attached hydrogens (tertiary/aromatic N) is 1. The van der Waals surface area contributed by atoms with Gasteiger partial charge in [-0.3, -0.25) is 4.79 Å². The van der Waals surface area contributed by atoms with Gasteiger partial charge in [0.25, 0.3) is 0 Å². The number of hydrogen-bond donors (Lipinski definition) is 1. The predicted molar refractivity (Wildman–Crippen MR) is 77.6 cm³/mol. The molecule has 1 saturated carbocycles. The summed E-state index contributed by atoms with van der Waals surface area (Å²) in [6, 6.07) is 2.17. The van der Waals surface area contributed by atoms with Crippen LogP contribution in [0.4, 0.5) is 4.39 Å². The fraction of sp³-hybridized carbons (Fsp3) is 0.500. The number of halogens is 2. The average Bonchev–Trinajstić information content (AvgIpc) is 2.97. The van der Waals surface area contributed by atoms with Gasteiger partial charge >= 0.3 is 5.97 Å². The summed E-state index contributed by atoms with van der Waals surface area (Å²) >= 11 is 5.64. The Kier molecular flexibility index (Phi) is 3.91. The Morgan fingerprint density at radius 3 is 2.73 bits per heavy atom. The van der Waals surface area contributed by atoms with Gasteiger partial charge < -0.3 is 5.11 Å². The molecule has 8 heteroatoms. The molecule has 1 aliphatic heterocycles. The van der Waals surface area contributed by atoms with Crippen molar-refractivity contribution in [1.29, 1.82) is 0 Å². The number of carboxylic acid groups (broad SMARTS) is 1. The number of carbonyl (C=O) groups is 1. The maximum Gasteiger partial charge on any atom is 0.322 e. The van der Waals surface area contributed by atoms with Crippen molar-refractivity contribution < 1.29 is 22.7 Å². The summed E-state index contributed by atoms with van der Waals surface area (Å²) < 4.78 is 40.3. The second-order valence-corrected chi connectivity index (χ2v) is 8.08. The third-order valence-electron chi connectivity index (χ3n) is 4.58. The summed E-state index contributed by atoms with van der Waals surface area (Å²) in [4.78, 5) is 11.0. The third kappa shape index (κ3) is 2.41. The average molecular weight is 348 g/mol. The second kappa shape index (κ2) is 5.47. The van der Waals surface area contributed by atoms with Gasteiger partial charge in [-0.25, -0.2) is 12.8 Å². The second-order valence-electron chi connectivity index (χ2n) is 5.79. The molecular weight excluding hydrogens is 333 g/mol. The van der Waals surface area contributed by atoms with Gasteiger partial charge in [-0.1, -0.05) is 18.0 Å². The van der Waals surface area contributed by atoms with Crippen molar-refractivity contribution >= 4 is 27.6 Å². The number of rotatable bonds is 3. The molecule has 2 fully saturated rings. The molecule has 3 unspecified atom stereocenters. The first kappa shape index (κ1) is 15.7. The fourth-order valence-electron chi connectivity index (χ4n) is 3.63. The van der Waals surface area contributed by atoms with Crippen LogP contribution in [0.15, 0.2) is 23.1 Å². The molecule has 120 valence electrons. The monoisotopic (exact) mass is 347 g/mol. The molecule has 1 aliphatic carbocycles. The Morgan fingerprint density at radius 2 is 2.09 bits per heavy atom. The predicted octanol–water partition coefficient (Wildman–Crippen LogP) is 2.35. The molecule has 1 heterocycles. The van der Waals surface area contributed by atoms with Gasteiger partial charge in [-0.15, -0.1) is 0 Å². The number of fused-ring (bicyclic) bond motifs is 1. The molecule has 0 amide bonds. The third-order valence-corrected chi connectivity index (χ3v) is 6.70. The first-order valence-electron chi connectivity index (χ1n) is 7.02. The lowest BCUT2D eigenvalue weighted by Crippen LogP contribution is -2.43. The van der Waals surface area contributed by atoms with Crippen molar-refractivity contribution in [3.63, 3.8) is 0 Å². The van der Waals surface area contributed by atoms with Gasteiger partial charge in [-0.05, 0) is 42.9 Å². The van der Waals surface area contributed by atoms with Crippen LogP contribution in [0, 0.1) is 17.7 Å². The van der Waals surface area contributed by atoms with E-state index in [1.807, 2.05) is 0 Å². The van der Waals surface area contributed by atoms with E-state index in [2.05, 4.69) is 0 Å².